The van der Waals surface area contributed by atoms with E-state index in [9.17, 15) is 9.59 Å². The van der Waals surface area contributed by atoms with Crippen molar-refractivity contribution in [3.63, 3.8) is 0 Å². The third-order valence-corrected chi connectivity index (χ3v) is 1.91. The SMILES string of the molecule is O=C(O)CN=Cc1ccccc1C=NCC(=O)O. The lowest BCUT2D eigenvalue weighted by Gasteiger charge is -1.98. The van der Waals surface area contributed by atoms with Crippen LogP contribution < -0.4 is 0 Å². The van der Waals surface area contributed by atoms with Gasteiger partial charge in [-0.3, -0.25) is 19.6 Å². The van der Waals surface area contributed by atoms with Crippen molar-refractivity contribution in [2.75, 3.05) is 13.1 Å². The van der Waals surface area contributed by atoms with Crippen LogP contribution in [0.3, 0.4) is 0 Å². The summed E-state index contributed by atoms with van der Waals surface area (Å²) in [5, 5.41) is 16.9. The Balaban J connectivity index is 2.79. The smallest absolute Gasteiger partial charge is 0.325 e. The number of aliphatic carboxylic acids is 2. The summed E-state index contributed by atoms with van der Waals surface area (Å²) in [6.07, 6.45) is 2.85. The monoisotopic (exact) mass is 248 g/mol. The second-order valence-electron chi connectivity index (χ2n) is 3.36. The number of carbonyl (C=O) groups is 2. The lowest BCUT2D eigenvalue weighted by Crippen LogP contribution is -2.01. The van der Waals surface area contributed by atoms with Crippen LogP contribution in [-0.4, -0.2) is 47.7 Å². The van der Waals surface area contributed by atoms with E-state index in [-0.39, 0.29) is 13.1 Å². The van der Waals surface area contributed by atoms with Gasteiger partial charge in [0.15, 0.2) is 0 Å². The van der Waals surface area contributed by atoms with E-state index in [1.54, 1.807) is 24.3 Å². The Morgan fingerprint density at radius 1 is 0.944 bits per heavy atom. The van der Waals surface area contributed by atoms with Gasteiger partial charge >= 0.3 is 11.9 Å². The fourth-order valence-corrected chi connectivity index (χ4v) is 1.19. The molecule has 1 aromatic rings. The van der Waals surface area contributed by atoms with Crippen LogP contribution in [0.4, 0.5) is 0 Å². The summed E-state index contributed by atoms with van der Waals surface area (Å²) in [4.78, 5) is 28.1. The zero-order valence-electron chi connectivity index (χ0n) is 9.48. The molecule has 0 fully saturated rings. The van der Waals surface area contributed by atoms with Crippen molar-refractivity contribution in [2.45, 2.75) is 0 Å². The number of aliphatic imine (C=N–C) groups is 2. The van der Waals surface area contributed by atoms with Crippen LogP contribution in [-0.2, 0) is 9.59 Å². The van der Waals surface area contributed by atoms with Crippen LogP contribution >= 0.6 is 0 Å². The highest BCUT2D eigenvalue weighted by molar-refractivity contribution is 5.95. The molecule has 0 bridgehead atoms. The zero-order valence-corrected chi connectivity index (χ0v) is 9.48. The van der Waals surface area contributed by atoms with E-state index in [1.165, 1.54) is 12.4 Å². The maximum Gasteiger partial charge on any atom is 0.325 e. The molecule has 18 heavy (non-hydrogen) atoms. The van der Waals surface area contributed by atoms with Crippen molar-refractivity contribution in [3.05, 3.63) is 35.4 Å². The molecule has 0 amide bonds. The highest BCUT2D eigenvalue weighted by Gasteiger charge is 1.97. The molecule has 0 aliphatic rings. The number of carboxylic acids is 2. The van der Waals surface area contributed by atoms with Crippen molar-refractivity contribution < 1.29 is 19.8 Å². The largest absolute Gasteiger partial charge is 0.480 e. The Morgan fingerprint density at radius 2 is 1.33 bits per heavy atom. The maximum atomic E-state index is 10.3. The van der Waals surface area contributed by atoms with Crippen molar-refractivity contribution >= 4 is 24.4 Å². The minimum absolute atomic E-state index is 0.305. The third-order valence-electron chi connectivity index (χ3n) is 1.91. The average Bonchev–Trinajstić information content (AvgIpc) is 2.30. The second kappa shape index (κ2) is 6.95. The third kappa shape index (κ3) is 5.02. The second-order valence-corrected chi connectivity index (χ2v) is 3.36. The molecule has 0 radical (unpaired) electrons. The quantitative estimate of drug-likeness (QED) is 0.723. The zero-order chi connectivity index (χ0) is 13.4. The van der Waals surface area contributed by atoms with Gasteiger partial charge in [-0.2, -0.15) is 0 Å². The lowest BCUT2D eigenvalue weighted by molar-refractivity contribution is -0.136. The first-order chi connectivity index (χ1) is 8.59. The molecule has 6 nitrogen and oxygen atoms in total. The predicted octanol–water partition coefficient (Wildman–Crippen LogP) is 0.694. The molecule has 0 spiro atoms. The van der Waals surface area contributed by atoms with E-state index in [0.29, 0.717) is 11.1 Å². The van der Waals surface area contributed by atoms with E-state index >= 15 is 0 Å². The molecule has 1 rings (SSSR count). The van der Waals surface area contributed by atoms with Crippen LogP contribution in [0, 0.1) is 0 Å². The molecular formula is C12H12N2O4. The molecule has 0 aliphatic carbocycles. The normalized spacial score (nSPS) is 11.1. The van der Waals surface area contributed by atoms with Crippen LogP contribution in [0.2, 0.25) is 0 Å². The number of hydrogen-bond acceptors (Lipinski definition) is 4. The van der Waals surface area contributed by atoms with Gasteiger partial charge in [-0.15, -0.1) is 0 Å². The van der Waals surface area contributed by atoms with E-state index < -0.39 is 11.9 Å². The minimum atomic E-state index is -1.01. The first kappa shape index (κ1) is 13.6. The van der Waals surface area contributed by atoms with Crippen molar-refractivity contribution in [3.8, 4) is 0 Å². The molecule has 94 valence electrons. The predicted molar refractivity (Wildman–Crippen MR) is 66.6 cm³/mol. The summed E-state index contributed by atoms with van der Waals surface area (Å²) in [5.74, 6) is -2.02. The van der Waals surface area contributed by atoms with Crippen molar-refractivity contribution in [2.24, 2.45) is 9.98 Å². The summed E-state index contributed by atoms with van der Waals surface area (Å²) >= 11 is 0. The highest BCUT2D eigenvalue weighted by Crippen LogP contribution is 2.03. The fraction of sp³-hybridized carbons (Fsp3) is 0.167. The highest BCUT2D eigenvalue weighted by atomic mass is 16.4. The lowest BCUT2D eigenvalue weighted by atomic mass is 10.1. The molecule has 0 aromatic heterocycles. The average molecular weight is 248 g/mol. The molecule has 0 saturated heterocycles. The molecule has 0 unspecified atom stereocenters. The van der Waals surface area contributed by atoms with E-state index in [1.807, 2.05) is 0 Å². The minimum Gasteiger partial charge on any atom is -0.480 e. The van der Waals surface area contributed by atoms with Gasteiger partial charge in [0, 0.05) is 23.6 Å². The number of nitrogens with zero attached hydrogens (tertiary/aromatic N) is 2. The summed E-state index contributed by atoms with van der Waals surface area (Å²) in [5.41, 5.74) is 1.38. The van der Waals surface area contributed by atoms with Gasteiger partial charge in [0.05, 0.1) is 0 Å². The Kier molecular flexibility index (Phi) is 5.24. The molecule has 0 saturated carbocycles. The number of hydrogen-bond donors (Lipinski definition) is 2. The van der Waals surface area contributed by atoms with Crippen molar-refractivity contribution in [1.29, 1.82) is 0 Å². The number of benzene rings is 1. The van der Waals surface area contributed by atoms with Crippen LogP contribution in [0.25, 0.3) is 0 Å². The molecule has 6 heteroatoms. The van der Waals surface area contributed by atoms with Gasteiger partial charge in [-0.1, -0.05) is 24.3 Å². The van der Waals surface area contributed by atoms with Gasteiger partial charge in [-0.05, 0) is 0 Å². The topological polar surface area (TPSA) is 99.3 Å². The van der Waals surface area contributed by atoms with Gasteiger partial charge in [0.2, 0.25) is 0 Å². The first-order valence-electron chi connectivity index (χ1n) is 5.12. The molecule has 2 N–H and O–H groups in total. The molecule has 0 atom stereocenters. The molecule has 1 aromatic carbocycles. The van der Waals surface area contributed by atoms with E-state index in [4.69, 9.17) is 10.2 Å². The molecule has 0 aliphatic heterocycles. The number of carboxylic acid groups (broad SMARTS) is 2. The van der Waals surface area contributed by atoms with Crippen LogP contribution in [0.1, 0.15) is 11.1 Å². The summed E-state index contributed by atoms with van der Waals surface area (Å²) < 4.78 is 0. The van der Waals surface area contributed by atoms with Crippen LogP contribution in [0.15, 0.2) is 34.3 Å². The maximum absolute atomic E-state index is 10.3. The van der Waals surface area contributed by atoms with Gasteiger partial charge in [0.25, 0.3) is 0 Å². The van der Waals surface area contributed by atoms with Crippen molar-refractivity contribution in [1.82, 2.24) is 0 Å². The molecule has 0 heterocycles. The standard InChI is InChI=1S/C12H12N2O4/c15-11(16)7-13-5-9-3-1-2-4-10(9)6-14-8-12(17)18/h1-6H,7-8H2,(H,15,16)(H,17,18). The Bertz CT molecular complexity index is 450. The van der Waals surface area contributed by atoms with Gasteiger partial charge < -0.3 is 10.2 Å². The summed E-state index contributed by atoms with van der Waals surface area (Å²) in [6, 6.07) is 7.04. The summed E-state index contributed by atoms with van der Waals surface area (Å²) in [7, 11) is 0. The molecular weight excluding hydrogens is 236 g/mol. The van der Waals surface area contributed by atoms with E-state index in [0.717, 1.165) is 0 Å². The first-order valence-corrected chi connectivity index (χ1v) is 5.12. The summed E-state index contributed by atoms with van der Waals surface area (Å²) in [6.45, 7) is -0.610. The Morgan fingerprint density at radius 3 is 1.67 bits per heavy atom. The van der Waals surface area contributed by atoms with Crippen LogP contribution in [0.5, 0.6) is 0 Å². The van der Waals surface area contributed by atoms with Gasteiger partial charge in [-0.25, -0.2) is 0 Å². The van der Waals surface area contributed by atoms with Gasteiger partial charge in [0.1, 0.15) is 13.1 Å². The fourth-order valence-electron chi connectivity index (χ4n) is 1.19. The Labute approximate surface area is 103 Å². The van der Waals surface area contributed by atoms with E-state index in [2.05, 4.69) is 9.98 Å². The number of rotatable bonds is 6. The Hall–Kier alpha value is -2.50.